The lowest BCUT2D eigenvalue weighted by Gasteiger charge is -2.27. The van der Waals surface area contributed by atoms with Crippen molar-refractivity contribution in [3.8, 4) is 0 Å². The van der Waals surface area contributed by atoms with E-state index in [1.807, 2.05) is 0 Å². The number of carboxylic acid groups (broad SMARTS) is 1. The topological polar surface area (TPSA) is 59.3 Å². The van der Waals surface area contributed by atoms with Gasteiger partial charge in [-0.1, -0.05) is 11.3 Å². The molecule has 1 saturated carbocycles. The Kier molecular flexibility index (Phi) is 2.22. The van der Waals surface area contributed by atoms with Crippen molar-refractivity contribution in [3.63, 3.8) is 0 Å². The highest BCUT2D eigenvalue weighted by atomic mass is 32.1. The number of thiazole rings is 1. The number of carbonyl (C=O) groups is 1. The summed E-state index contributed by atoms with van der Waals surface area (Å²) in [6.07, 6.45) is 1.79. The molecule has 1 N–H and O–H groups in total. The zero-order valence-corrected chi connectivity index (χ0v) is 9.50. The quantitative estimate of drug-likeness (QED) is 0.849. The molecular formula is C10H13NO3S. The molecular weight excluding hydrogens is 214 g/mol. The van der Waals surface area contributed by atoms with Crippen molar-refractivity contribution in [1.29, 1.82) is 0 Å². The summed E-state index contributed by atoms with van der Waals surface area (Å²) >= 11 is 1.06. The predicted octanol–water partition coefficient (Wildman–Crippen LogP) is 1.43. The second-order valence-corrected chi connectivity index (χ2v) is 5.03. The third-order valence-corrected chi connectivity index (χ3v) is 3.98. The second-order valence-electron chi connectivity index (χ2n) is 4.21. The van der Waals surface area contributed by atoms with Gasteiger partial charge in [-0.25, -0.2) is 4.79 Å². The van der Waals surface area contributed by atoms with Crippen LogP contribution in [-0.2, 0) is 10.3 Å². The largest absolute Gasteiger partial charge is 0.479 e. The van der Waals surface area contributed by atoms with Crippen molar-refractivity contribution in [3.05, 3.63) is 20.7 Å². The Morgan fingerprint density at radius 1 is 1.67 bits per heavy atom. The van der Waals surface area contributed by atoms with Gasteiger partial charge in [-0.05, 0) is 32.6 Å². The molecule has 0 radical (unpaired) electrons. The predicted molar refractivity (Wildman–Crippen MR) is 57.3 cm³/mol. The Balaban J connectivity index is 2.59. The van der Waals surface area contributed by atoms with Gasteiger partial charge in [0.15, 0.2) is 0 Å². The number of aromatic nitrogens is 1. The Morgan fingerprint density at radius 2 is 2.27 bits per heavy atom. The van der Waals surface area contributed by atoms with Crippen LogP contribution in [0.25, 0.3) is 0 Å². The maximum absolute atomic E-state index is 11.6. The molecule has 0 aromatic carbocycles. The van der Waals surface area contributed by atoms with E-state index < -0.39 is 11.5 Å². The van der Waals surface area contributed by atoms with E-state index in [-0.39, 0.29) is 10.8 Å². The molecule has 15 heavy (non-hydrogen) atoms. The van der Waals surface area contributed by atoms with E-state index in [1.54, 1.807) is 19.2 Å². The molecule has 0 saturated heterocycles. The molecule has 0 bridgehead atoms. The first-order chi connectivity index (χ1) is 6.98. The zero-order valence-electron chi connectivity index (χ0n) is 8.69. The highest BCUT2D eigenvalue weighted by Gasteiger charge is 2.50. The molecule has 1 aliphatic rings. The molecule has 1 unspecified atom stereocenters. The number of nitrogens with zero attached hydrogens (tertiary/aromatic N) is 1. The first-order valence-electron chi connectivity index (χ1n) is 4.89. The SMILES string of the molecule is Cc1csc(=O)n1C(C)(C(=O)O)C1CC1. The molecule has 4 nitrogen and oxygen atoms in total. The van der Waals surface area contributed by atoms with Crippen molar-refractivity contribution in [2.24, 2.45) is 5.92 Å². The molecule has 1 aromatic heterocycles. The van der Waals surface area contributed by atoms with E-state index in [1.165, 1.54) is 4.57 Å². The molecule has 1 atom stereocenters. The average molecular weight is 227 g/mol. The first kappa shape index (κ1) is 10.4. The van der Waals surface area contributed by atoms with Crippen LogP contribution in [-0.4, -0.2) is 15.6 Å². The molecule has 82 valence electrons. The van der Waals surface area contributed by atoms with Gasteiger partial charge in [-0.3, -0.25) is 9.36 Å². The lowest BCUT2D eigenvalue weighted by molar-refractivity contribution is -0.148. The number of hydrogen-bond acceptors (Lipinski definition) is 3. The highest BCUT2D eigenvalue weighted by molar-refractivity contribution is 7.07. The average Bonchev–Trinajstić information content (AvgIpc) is 2.93. The number of aliphatic carboxylic acids is 1. The van der Waals surface area contributed by atoms with E-state index in [2.05, 4.69) is 0 Å². The van der Waals surface area contributed by atoms with Gasteiger partial charge in [0.1, 0.15) is 5.54 Å². The Labute approximate surface area is 91.2 Å². The van der Waals surface area contributed by atoms with Gasteiger partial charge in [0.2, 0.25) is 0 Å². The summed E-state index contributed by atoms with van der Waals surface area (Å²) in [5.41, 5.74) is -0.317. The molecule has 5 heteroatoms. The van der Waals surface area contributed by atoms with Crippen LogP contribution in [0.2, 0.25) is 0 Å². The van der Waals surface area contributed by atoms with Gasteiger partial charge in [0, 0.05) is 11.1 Å². The lowest BCUT2D eigenvalue weighted by atomic mass is 9.95. The van der Waals surface area contributed by atoms with Gasteiger partial charge in [0.05, 0.1) is 0 Å². The third kappa shape index (κ3) is 1.42. The summed E-state index contributed by atoms with van der Waals surface area (Å²) in [7, 11) is 0. The molecule has 0 aliphatic heterocycles. The molecule has 2 rings (SSSR count). The van der Waals surface area contributed by atoms with Crippen LogP contribution in [0.5, 0.6) is 0 Å². The maximum Gasteiger partial charge on any atom is 0.330 e. The summed E-state index contributed by atoms with van der Waals surface area (Å²) in [5.74, 6) is -0.811. The molecule has 0 amide bonds. The van der Waals surface area contributed by atoms with Crippen LogP contribution in [0.15, 0.2) is 10.2 Å². The standard InChI is InChI=1S/C10H13NO3S/c1-6-5-15-9(14)11(6)10(2,8(12)13)7-3-4-7/h5,7H,3-4H2,1-2H3,(H,12,13). The monoisotopic (exact) mass is 227 g/mol. The van der Waals surface area contributed by atoms with Gasteiger partial charge < -0.3 is 5.11 Å². The summed E-state index contributed by atoms with van der Waals surface area (Å²) < 4.78 is 1.43. The Morgan fingerprint density at radius 3 is 2.60 bits per heavy atom. The summed E-state index contributed by atoms with van der Waals surface area (Å²) in [5, 5.41) is 11.0. The van der Waals surface area contributed by atoms with E-state index in [0.717, 1.165) is 29.9 Å². The van der Waals surface area contributed by atoms with Crippen LogP contribution >= 0.6 is 11.3 Å². The van der Waals surface area contributed by atoms with Crippen molar-refractivity contribution < 1.29 is 9.90 Å². The van der Waals surface area contributed by atoms with Crippen LogP contribution in [0.4, 0.5) is 0 Å². The van der Waals surface area contributed by atoms with Crippen LogP contribution in [0.1, 0.15) is 25.5 Å². The van der Waals surface area contributed by atoms with Crippen molar-refractivity contribution in [2.75, 3.05) is 0 Å². The molecule has 1 heterocycles. The minimum absolute atomic E-state index is 0.0981. The second kappa shape index (κ2) is 3.20. The van der Waals surface area contributed by atoms with E-state index >= 15 is 0 Å². The van der Waals surface area contributed by atoms with Crippen LogP contribution < -0.4 is 4.87 Å². The van der Waals surface area contributed by atoms with Crippen molar-refractivity contribution in [1.82, 2.24) is 4.57 Å². The summed E-state index contributed by atoms with van der Waals surface area (Å²) in [6.45, 7) is 3.43. The van der Waals surface area contributed by atoms with Gasteiger partial charge >= 0.3 is 10.8 Å². The van der Waals surface area contributed by atoms with Gasteiger partial charge in [0.25, 0.3) is 0 Å². The fourth-order valence-corrected chi connectivity index (χ4v) is 2.86. The molecule has 1 aromatic rings. The van der Waals surface area contributed by atoms with Crippen molar-refractivity contribution >= 4 is 17.3 Å². The Hall–Kier alpha value is -1.10. The fraction of sp³-hybridized carbons (Fsp3) is 0.600. The minimum atomic E-state index is -1.05. The zero-order chi connectivity index (χ0) is 11.2. The minimum Gasteiger partial charge on any atom is -0.479 e. The highest BCUT2D eigenvalue weighted by Crippen LogP contribution is 2.44. The third-order valence-electron chi connectivity index (χ3n) is 3.14. The molecule has 0 spiro atoms. The van der Waals surface area contributed by atoms with E-state index in [4.69, 9.17) is 0 Å². The van der Waals surface area contributed by atoms with Crippen LogP contribution in [0, 0.1) is 12.8 Å². The number of aryl methyl sites for hydroxylation is 1. The summed E-state index contributed by atoms with van der Waals surface area (Å²) in [6, 6.07) is 0. The normalized spacial score (nSPS) is 19.9. The molecule has 1 fully saturated rings. The van der Waals surface area contributed by atoms with E-state index in [9.17, 15) is 14.7 Å². The first-order valence-corrected chi connectivity index (χ1v) is 5.77. The molecule has 1 aliphatic carbocycles. The number of hydrogen-bond donors (Lipinski definition) is 1. The van der Waals surface area contributed by atoms with Crippen molar-refractivity contribution in [2.45, 2.75) is 32.2 Å². The number of rotatable bonds is 3. The van der Waals surface area contributed by atoms with Gasteiger partial charge in [-0.2, -0.15) is 0 Å². The summed E-state index contributed by atoms with van der Waals surface area (Å²) in [4.78, 5) is 22.8. The number of carboxylic acids is 1. The smallest absolute Gasteiger partial charge is 0.330 e. The Bertz CT molecular complexity index is 457. The fourth-order valence-electron chi connectivity index (χ4n) is 2.04. The lowest BCUT2D eigenvalue weighted by Crippen LogP contribution is -2.46. The van der Waals surface area contributed by atoms with Gasteiger partial charge in [-0.15, -0.1) is 0 Å². The van der Waals surface area contributed by atoms with E-state index in [0.29, 0.717) is 0 Å². The van der Waals surface area contributed by atoms with Crippen LogP contribution in [0.3, 0.4) is 0 Å². The maximum atomic E-state index is 11.6.